The van der Waals surface area contributed by atoms with Gasteiger partial charge in [-0.25, -0.2) is 28.1 Å². The number of sulfonamides is 1. The summed E-state index contributed by atoms with van der Waals surface area (Å²) in [5, 5.41) is 24.9. The van der Waals surface area contributed by atoms with Crippen LogP contribution in [-0.4, -0.2) is 104 Å². The number of thiazole rings is 2. The SMILES string of the molecule is Cc1ncsc1-c1ccc(CNC(=O)[C@@H]2C[C@@H](O)CN2C(=O)[C@@H](NC(=O)CCCc2cccc(S(=O)(=O)NC(=O)c3nc(N4CCc5cccc(C(=O)Nc6nc7ccccc7s6)c5C4)ccc3-c3cnn(CC4CCCCC4)c3C)c2)C(C)(C)C)cc1. The summed E-state index contributed by atoms with van der Waals surface area (Å²) in [6.45, 7) is 11.1. The minimum absolute atomic E-state index is 0.00974. The molecule has 0 bridgehead atoms. The molecule has 2 aliphatic heterocycles. The van der Waals surface area contributed by atoms with Crippen LogP contribution < -0.4 is 25.6 Å². The highest BCUT2D eigenvalue weighted by atomic mass is 32.2. The molecular weight excluding hydrogens is 1170 g/mol. The summed E-state index contributed by atoms with van der Waals surface area (Å²) in [7, 11) is -4.51. The number of anilines is 2. The number of nitrogens with zero attached hydrogens (tertiary/aromatic N) is 7. The normalized spacial score (nSPS) is 16.7. The number of β-amino-alcohol motifs (C(OH)–C–C–N with tert-alkyl or cyclic N) is 1. The van der Waals surface area contributed by atoms with Gasteiger partial charge in [0.05, 0.1) is 43.5 Å². The highest BCUT2D eigenvalue weighted by Crippen LogP contribution is 2.35. The van der Waals surface area contributed by atoms with E-state index in [1.54, 1.807) is 47.3 Å². The zero-order valence-corrected chi connectivity index (χ0v) is 52.5. The summed E-state index contributed by atoms with van der Waals surface area (Å²) in [5.74, 6) is -1.64. The highest BCUT2D eigenvalue weighted by Gasteiger charge is 2.44. The number of carbonyl (C=O) groups is 5. The predicted molar refractivity (Wildman–Crippen MR) is 341 cm³/mol. The van der Waals surface area contributed by atoms with Gasteiger partial charge in [0.25, 0.3) is 21.8 Å². The van der Waals surface area contributed by atoms with Gasteiger partial charge in [0.2, 0.25) is 17.7 Å². The van der Waals surface area contributed by atoms with Gasteiger partial charge in [0, 0.05) is 67.9 Å². The zero-order valence-electron chi connectivity index (χ0n) is 50.0. The van der Waals surface area contributed by atoms with Crippen LogP contribution in [0.5, 0.6) is 0 Å². The average molecular weight is 1240 g/mol. The van der Waals surface area contributed by atoms with E-state index in [4.69, 9.17) is 10.1 Å². The second-order valence-electron chi connectivity index (χ2n) is 24.3. The molecule has 3 atom stereocenters. The summed E-state index contributed by atoms with van der Waals surface area (Å²) >= 11 is 2.95. The van der Waals surface area contributed by atoms with E-state index in [9.17, 15) is 37.5 Å². The number of amides is 5. The van der Waals surface area contributed by atoms with Gasteiger partial charge in [-0.15, -0.1) is 11.3 Å². The fourth-order valence-corrected chi connectivity index (χ4v) is 14.9. The van der Waals surface area contributed by atoms with Gasteiger partial charge in [-0.05, 0) is 128 Å². The fourth-order valence-electron chi connectivity index (χ4n) is 12.2. The standard InChI is InChI=1S/C66H73N11O8S3/c1-40-59(86-39-68-40)46-26-24-43(25-27-46)34-67-62(81)54-33-47(78)37-76(54)64(83)60(66(3,4)5)72-57(79)23-12-17-42-16-11-19-48(32-42)88(84,85)74-63(82)58-49(51-35-69-77(41(51)2)36-44-14-7-6-8-15-44)28-29-56(71-58)75-31-30-45-18-13-20-50(52(45)38-75)61(80)73-65-70-53-21-9-10-22-55(53)87-65/h9-11,13,16,18-22,24-29,32,35,39,44,47,54,60,78H,6-8,12,14-15,17,23,30-31,33-34,36-38H2,1-5H3,(H,67,81)(H,72,79)(H,74,82)(H,70,73,80)/t47-,54+,60-/m1/s1. The number of aromatic nitrogens is 5. The second-order valence-corrected chi connectivity index (χ2v) is 27.9. The van der Waals surface area contributed by atoms with Crippen LogP contribution in [0.1, 0.15) is 127 Å². The third-order valence-electron chi connectivity index (χ3n) is 17.0. The molecule has 19 nitrogen and oxygen atoms in total. The molecule has 1 saturated heterocycles. The van der Waals surface area contributed by atoms with E-state index < -0.39 is 57.3 Å². The van der Waals surface area contributed by atoms with Crippen LogP contribution in [0.2, 0.25) is 0 Å². The largest absolute Gasteiger partial charge is 0.391 e. The van der Waals surface area contributed by atoms with Gasteiger partial charge < -0.3 is 25.5 Å². The number of para-hydroxylation sites is 1. The van der Waals surface area contributed by atoms with Gasteiger partial charge in [0.1, 0.15) is 23.6 Å². The van der Waals surface area contributed by atoms with Crippen molar-refractivity contribution in [3.05, 3.63) is 160 Å². The molecule has 3 aliphatic rings. The number of nitrogens with one attached hydrogen (secondary N) is 4. The Hall–Kier alpha value is -8.18. The summed E-state index contributed by atoms with van der Waals surface area (Å²) in [4.78, 5) is 88.6. The monoisotopic (exact) mass is 1240 g/mol. The molecule has 2 fully saturated rings. The van der Waals surface area contributed by atoms with Gasteiger partial charge in [-0.3, -0.25) is 34.0 Å². The Morgan fingerprint density at radius 2 is 1.64 bits per heavy atom. The maximum absolute atomic E-state index is 14.7. The number of fused-ring (bicyclic) bond motifs is 2. The van der Waals surface area contributed by atoms with Gasteiger partial charge in [0.15, 0.2) is 5.13 Å². The molecule has 0 radical (unpaired) electrons. The molecule has 458 valence electrons. The van der Waals surface area contributed by atoms with Gasteiger partial charge in [-0.2, -0.15) is 5.10 Å². The van der Waals surface area contributed by atoms with Crippen LogP contribution in [-0.2, 0) is 56.9 Å². The summed E-state index contributed by atoms with van der Waals surface area (Å²) in [5.41, 5.74) is 9.34. The molecule has 8 aromatic rings. The maximum atomic E-state index is 14.7. The number of aliphatic hydroxyl groups is 1. The molecule has 0 unspecified atom stereocenters. The first-order valence-corrected chi connectivity index (χ1v) is 33.2. The summed E-state index contributed by atoms with van der Waals surface area (Å²) in [6.07, 6.45) is 7.77. The van der Waals surface area contributed by atoms with Gasteiger partial charge in [-0.1, -0.05) is 112 Å². The fraction of sp³-hybridized carbons (Fsp3) is 0.379. The molecule has 4 aromatic heterocycles. The van der Waals surface area contributed by atoms with E-state index in [1.807, 2.05) is 111 Å². The van der Waals surface area contributed by atoms with E-state index in [1.165, 1.54) is 47.6 Å². The molecule has 6 heterocycles. The van der Waals surface area contributed by atoms with Crippen LogP contribution in [0.15, 0.2) is 120 Å². The van der Waals surface area contributed by atoms with Crippen molar-refractivity contribution >= 4 is 83.4 Å². The third-order valence-corrected chi connectivity index (χ3v) is 20.3. The first-order valence-electron chi connectivity index (χ1n) is 30.0. The lowest BCUT2D eigenvalue weighted by atomic mass is 9.85. The second kappa shape index (κ2) is 26.3. The van der Waals surface area contributed by atoms with Crippen LogP contribution in [0.25, 0.3) is 31.8 Å². The lowest BCUT2D eigenvalue weighted by molar-refractivity contribution is -0.144. The molecule has 1 saturated carbocycles. The minimum atomic E-state index is -4.51. The summed E-state index contributed by atoms with van der Waals surface area (Å²) in [6, 6.07) is 29.0. The first-order chi connectivity index (χ1) is 42.3. The Morgan fingerprint density at radius 3 is 2.40 bits per heavy atom. The molecule has 11 rings (SSSR count). The molecule has 88 heavy (non-hydrogen) atoms. The molecular formula is C66H73N11O8S3. The topological polar surface area (TPSA) is 251 Å². The number of hydrogen-bond donors (Lipinski definition) is 5. The Morgan fingerprint density at radius 1 is 0.852 bits per heavy atom. The van der Waals surface area contributed by atoms with Crippen molar-refractivity contribution in [1.82, 2.24) is 45.0 Å². The molecule has 5 amide bonds. The average Bonchev–Trinajstić information content (AvgIpc) is 2.23. The number of hydrogen-bond acceptors (Lipinski definition) is 15. The highest BCUT2D eigenvalue weighted by molar-refractivity contribution is 7.90. The molecule has 22 heteroatoms. The maximum Gasteiger partial charge on any atom is 0.284 e. The lowest BCUT2D eigenvalue weighted by Crippen LogP contribution is -2.57. The number of aliphatic hydroxyl groups excluding tert-OH is 1. The van der Waals surface area contributed by atoms with Crippen LogP contribution in [0.3, 0.4) is 0 Å². The minimum Gasteiger partial charge on any atom is -0.391 e. The molecule has 5 N–H and O–H groups in total. The number of benzene rings is 4. The number of pyridine rings is 1. The van der Waals surface area contributed by atoms with E-state index in [0.29, 0.717) is 58.6 Å². The van der Waals surface area contributed by atoms with E-state index >= 15 is 0 Å². The number of aryl methyl sites for hydroxylation is 2. The Balaban J connectivity index is 0.756. The van der Waals surface area contributed by atoms with E-state index in [-0.39, 0.29) is 55.3 Å². The summed E-state index contributed by atoms with van der Waals surface area (Å²) < 4.78 is 34.0. The zero-order chi connectivity index (χ0) is 61.9. The van der Waals surface area contributed by atoms with E-state index in [0.717, 1.165) is 68.1 Å². The molecule has 1 aliphatic carbocycles. The number of likely N-dealkylation sites (tertiary alicyclic amines) is 1. The smallest absolute Gasteiger partial charge is 0.284 e. The molecule has 0 spiro atoms. The van der Waals surface area contributed by atoms with E-state index in [2.05, 4.69) is 30.6 Å². The lowest BCUT2D eigenvalue weighted by Gasteiger charge is -2.35. The quantitative estimate of drug-likeness (QED) is 0.0506. The third kappa shape index (κ3) is 13.9. The van der Waals surface area contributed by atoms with Crippen molar-refractivity contribution in [3.8, 4) is 21.6 Å². The van der Waals surface area contributed by atoms with Crippen LogP contribution in [0.4, 0.5) is 10.9 Å². The van der Waals surface area contributed by atoms with Crippen molar-refractivity contribution in [2.45, 2.75) is 142 Å². The molecule has 4 aromatic carbocycles. The van der Waals surface area contributed by atoms with Crippen molar-refractivity contribution in [3.63, 3.8) is 0 Å². The Bertz CT molecular complexity index is 4000. The Kier molecular flexibility index (Phi) is 18.3. The number of rotatable bonds is 19. The first kappa shape index (κ1) is 61.5. The Labute approximate surface area is 520 Å². The van der Waals surface area contributed by atoms with Gasteiger partial charge >= 0.3 is 0 Å². The van der Waals surface area contributed by atoms with Crippen LogP contribution >= 0.6 is 22.7 Å². The number of carbonyl (C=O) groups excluding carboxylic acids is 5. The predicted octanol–water partition coefficient (Wildman–Crippen LogP) is 9.94. The van der Waals surface area contributed by atoms with Crippen LogP contribution in [0, 0.1) is 25.2 Å². The van der Waals surface area contributed by atoms with Crippen molar-refractivity contribution < 1.29 is 37.5 Å². The van der Waals surface area contributed by atoms with Crippen molar-refractivity contribution in [1.29, 1.82) is 0 Å². The van der Waals surface area contributed by atoms with Crippen molar-refractivity contribution in [2.75, 3.05) is 23.3 Å². The van der Waals surface area contributed by atoms with Crippen molar-refractivity contribution in [2.24, 2.45) is 11.3 Å².